The quantitative estimate of drug-likeness (QED) is 0.410. The van der Waals surface area contributed by atoms with E-state index in [4.69, 9.17) is 20.1 Å². The fourth-order valence-electron chi connectivity index (χ4n) is 0.755. The van der Waals surface area contributed by atoms with Gasteiger partial charge >= 0.3 is 63.3 Å². The number of aromatic carboxylic acids is 2. The molecule has 0 aliphatic carbocycles. The Hall–Kier alpha value is -0.734. The zero-order valence-electron chi connectivity index (χ0n) is 9.45. The number of hydrogen-bond donors (Lipinski definition) is 3. The van der Waals surface area contributed by atoms with Gasteiger partial charge in [-0.1, -0.05) is 0 Å². The summed E-state index contributed by atoms with van der Waals surface area (Å²) < 4.78 is 0. The predicted octanol–water partition coefficient (Wildman–Crippen LogP) is -2.10. The minimum absolute atomic E-state index is 0. The second-order valence-electron chi connectivity index (χ2n) is 2.29. The van der Waals surface area contributed by atoms with Crippen LogP contribution in [0.15, 0.2) is 24.3 Å². The first kappa shape index (κ1) is 17.7. The Morgan fingerprint density at radius 1 is 1.00 bits per heavy atom. The van der Waals surface area contributed by atoms with Gasteiger partial charge in [-0.3, -0.25) is 4.79 Å². The summed E-state index contributed by atoms with van der Waals surface area (Å²) >= 11 is 0. The molecule has 6 nitrogen and oxygen atoms in total. The molecular formula is C9H9KO6. The monoisotopic (exact) mass is 252 g/mol. The van der Waals surface area contributed by atoms with E-state index in [2.05, 4.69) is 0 Å². The van der Waals surface area contributed by atoms with Gasteiger partial charge in [0.2, 0.25) is 0 Å². The Labute approximate surface area is 135 Å². The van der Waals surface area contributed by atoms with Crippen molar-refractivity contribution in [3.05, 3.63) is 35.4 Å². The standard InChI is InChI=1S/C8H6O4.CH2O2.K.H/c9-7(10)5-1-2-6(4-3-5)8(11)12;2-1-3;;/h1-4H,(H,9,10)(H,11,12);1H,(H,2,3);;/q;;+1;-1. The molecule has 0 unspecified atom stereocenters. The van der Waals surface area contributed by atoms with Crippen LogP contribution in [0.2, 0.25) is 0 Å². The van der Waals surface area contributed by atoms with Crippen molar-refractivity contribution < 1.29 is 82.5 Å². The van der Waals surface area contributed by atoms with Crippen molar-refractivity contribution in [2.45, 2.75) is 0 Å². The summed E-state index contributed by atoms with van der Waals surface area (Å²) in [5.74, 6) is -2.13. The molecule has 0 fully saturated rings. The summed E-state index contributed by atoms with van der Waals surface area (Å²) in [6, 6.07) is 5.02. The van der Waals surface area contributed by atoms with Gasteiger partial charge in [0.15, 0.2) is 0 Å². The smallest absolute Gasteiger partial charge is 1.00 e. The molecule has 0 aromatic heterocycles. The Morgan fingerprint density at radius 3 is 1.31 bits per heavy atom. The molecule has 16 heavy (non-hydrogen) atoms. The van der Waals surface area contributed by atoms with Gasteiger partial charge in [-0.15, -0.1) is 0 Å². The number of benzene rings is 1. The first-order chi connectivity index (χ1) is 7.02. The van der Waals surface area contributed by atoms with Gasteiger partial charge in [-0.2, -0.15) is 0 Å². The molecule has 0 saturated heterocycles. The Morgan fingerprint density at radius 2 is 1.19 bits per heavy atom. The van der Waals surface area contributed by atoms with E-state index in [1.165, 1.54) is 24.3 Å². The maximum absolute atomic E-state index is 10.3. The molecule has 7 heteroatoms. The molecule has 0 heterocycles. The van der Waals surface area contributed by atoms with Gasteiger partial charge in [-0.25, -0.2) is 9.59 Å². The van der Waals surface area contributed by atoms with Crippen LogP contribution in [0.25, 0.3) is 0 Å². The number of carboxylic acids is 2. The van der Waals surface area contributed by atoms with E-state index in [9.17, 15) is 9.59 Å². The van der Waals surface area contributed by atoms with Crippen molar-refractivity contribution in [2.75, 3.05) is 0 Å². The molecule has 0 spiro atoms. The molecule has 0 bridgehead atoms. The number of rotatable bonds is 2. The van der Waals surface area contributed by atoms with Crippen LogP contribution >= 0.6 is 0 Å². The van der Waals surface area contributed by atoms with E-state index in [1.54, 1.807) is 0 Å². The van der Waals surface area contributed by atoms with Gasteiger partial charge in [0.1, 0.15) is 0 Å². The average molecular weight is 252 g/mol. The summed E-state index contributed by atoms with van der Waals surface area (Å²) in [5, 5.41) is 23.8. The summed E-state index contributed by atoms with van der Waals surface area (Å²) in [6.45, 7) is -0.250. The van der Waals surface area contributed by atoms with Crippen molar-refractivity contribution >= 4 is 18.4 Å². The second kappa shape index (κ2) is 9.49. The van der Waals surface area contributed by atoms with Crippen molar-refractivity contribution in [1.29, 1.82) is 0 Å². The van der Waals surface area contributed by atoms with Crippen molar-refractivity contribution in [2.24, 2.45) is 0 Å². The number of carboxylic acid groups (broad SMARTS) is 3. The number of hydrogen-bond acceptors (Lipinski definition) is 3. The van der Waals surface area contributed by atoms with Gasteiger partial charge in [0.25, 0.3) is 6.47 Å². The normalized spacial score (nSPS) is 7.75. The molecule has 82 valence electrons. The van der Waals surface area contributed by atoms with E-state index < -0.39 is 11.9 Å². The first-order valence-corrected chi connectivity index (χ1v) is 3.67. The van der Waals surface area contributed by atoms with E-state index in [-0.39, 0.29) is 70.4 Å². The largest absolute Gasteiger partial charge is 1.00 e. The van der Waals surface area contributed by atoms with Gasteiger partial charge in [0, 0.05) is 0 Å². The van der Waals surface area contributed by atoms with Crippen LogP contribution in [0.4, 0.5) is 0 Å². The molecule has 1 aromatic carbocycles. The zero-order chi connectivity index (χ0) is 11.8. The van der Waals surface area contributed by atoms with Crippen LogP contribution in [0.5, 0.6) is 0 Å². The molecule has 3 N–H and O–H groups in total. The summed E-state index contributed by atoms with van der Waals surface area (Å²) in [7, 11) is 0. The molecule has 0 atom stereocenters. The second-order valence-corrected chi connectivity index (χ2v) is 2.29. The molecule has 1 rings (SSSR count). The summed E-state index contributed by atoms with van der Waals surface area (Å²) in [4.78, 5) is 29.0. The maximum atomic E-state index is 10.3. The van der Waals surface area contributed by atoms with Crippen LogP contribution in [0.1, 0.15) is 22.1 Å². The molecular weight excluding hydrogens is 243 g/mol. The number of carbonyl (C=O) groups is 3. The molecule has 1 aromatic rings. The molecule has 0 radical (unpaired) electrons. The topological polar surface area (TPSA) is 112 Å². The van der Waals surface area contributed by atoms with E-state index in [1.807, 2.05) is 0 Å². The van der Waals surface area contributed by atoms with E-state index in [0.717, 1.165) is 0 Å². The maximum Gasteiger partial charge on any atom is 1.00 e. The van der Waals surface area contributed by atoms with Gasteiger partial charge in [-0.05, 0) is 24.3 Å². The van der Waals surface area contributed by atoms with Crippen LogP contribution in [-0.4, -0.2) is 33.7 Å². The van der Waals surface area contributed by atoms with Crippen LogP contribution in [0.3, 0.4) is 0 Å². The summed E-state index contributed by atoms with van der Waals surface area (Å²) in [5.41, 5.74) is 0.167. The fourth-order valence-corrected chi connectivity index (χ4v) is 0.755. The third-order valence-corrected chi connectivity index (χ3v) is 1.38. The van der Waals surface area contributed by atoms with Gasteiger partial charge < -0.3 is 16.7 Å². The first-order valence-electron chi connectivity index (χ1n) is 3.67. The molecule has 0 saturated carbocycles. The minimum atomic E-state index is -1.06. The third kappa shape index (κ3) is 6.70. The Kier molecular flexibility index (Phi) is 10.5. The predicted molar refractivity (Wildman–Crippen MR) is 50.2 cm³/mol. The van der Waals surface area contributed by atoms with Crippen molar-refractivity contribution in [1.82, 2.24) is 0 Å². The SMILES string of the molecule is O=C(O)c1ccc(C(=O)O)cc1.O=CO.[H-].[K+]. The van der Waals surface area contributed by atoms with Gasteiger partial charge in [0.05, 0.1) is 11.1 Å². The van der Waals surface area contributed by atoms with E-state index in [0.29, 0.717) is 0 Å². The Balaban J connectivity index is -0.000000356. The van der Waals surface area contributed by atoms with Crippen molar-refractivity contribution in [3.63, 3.8) is 0 Å². The van der Waals surface area contributed by atoms with Crippen LogP contribution in [-0.2, 0) is 4.79 Å². The average Bonchev–Trinajstić information content (AvgIpc) is 2.19. The summed E-state index contributed by atoms with van der Waals surface area (Å²) in [6.07, 6.45) is 0. The van der Waals surface area contributed by atoms with Crippen LogP contribution < -0.4 is 51.4 Å². The van der Waals surface area contributed by atoms with E-state index >= 15 is 0 Å². The van der Waals surface area contributed by atoms with Crippen molar-refractivity contribution in [3.8, 4) is 0 Å². The molecule has 0 amide bonds. The molecule has 0 aliphatic heterocycles. The van der Waals surface area contributed by atoms with Crippen LogP contribution in [0, 0.1) is 0 Å². The fraction of sp³-hybridized carbons (Fsp3) is 0. The minimum Gasteiger partial charge on any atom is -1.00 e. The molecule has 0 aliphatic rings. The zero-order valence-corrected chi connectivity index (χ0v) is 11.6. The third-order valence-electron chi connectivity index (χ3n) is 1.38. The Bertz CT molecular complexity index is 331.